The summed E-state index contributed by atoms with van der Waals surface area (Å²) in [4.78, 5) is 11.6. The molecule has 0 bridgehead atoms. The highest BCUT2D eigenvalue weighted by molar-refractivity contribution is 6.35. The number of carbonyl (C=O) groups excluding carboxylic acids is 1. The highest BCUT2D eigenvalue weighted by atomic mass is 35.5. The SMILES string of the molecule is O=C(NCCc1ccc(Cl)cc1Cl)Nc1c(F)cccc1F. The van der Waals surface area contributed by atoms with Gasteiger partial charge in [-0.1, -0.05) is 35.3 Å². The Morgan fingerprint density at radius 1 is 1.09 bits per heavy atom. The number of hydrogen-bond acceptors (Lipinski definition) is 1. The summed E-state index contributed by atoms with van der Waals surface area (Å²) in [6, 6.07) is 7.69. The Morgan fingerprint density at radius 2 is 1.77 bits per heavy atom. The van der Waals surface area contributed by atoms with Crippen LogP contribution in [0.25, 0.3) is 0 Å². The summed E-state index contributed by atoms with van der Waals surface area (Å²) in [5, 5.41) is 5.65. The minimum atomic E-state index is -0.837. The molecule has 0 radical (unpaired) electrons. The lowest BCUT2D eigenvalue weighted by molar-refractivity contribution is 0.252. The number of nitrogens with one attached hydrogen (secondary N) is 2. The van der Waals surface area contributed by atoms with E-state index < -0.39 is 23.4 Å². The molecule has 0 unspecified atom stereocenters. The molecule has 0 aliphatic carbocycles. The Kier molecular flexibility index (Phi) is 5.57. The molecule has 0 heterocycles. The van der Waals surface area contributed by atoms with Crippen molar-refractivity contribution in [3.05, 3.63) is 63.6 Å². The maximum Gasteiger partial charge on any atom is 0.319 e. The summed E-state index contributed by atoms with van der Waals surface area (Å²) in [6.45, 7) is 0.253. The quantitative estimate of drug-likeness (QED) is 0.833. The summed E-state index contributed by atoms with van der Waals surface area (Å²) in [5.41, 5.74) is 0.327. The molecule has 0 aliphatic heterocycles. The van der Waals surface area contributed by atoms with Gasteiger partial charge in [0, 0.05) is 16.6 Å². The van der Waals surface area contributed by atoms with Crippen LogP contribution in [0.1, 0.15) is 5.56 Å². The van der Waals surface area contributed by atoms with E-state index in [0.717, 1.165) is 17.7 Å². The Morgan fingerprint density at radius 3 is 2.41 bits per heavy atom. The van der Waals surface area contributed by atoms with Gasteiger partial charge in [0.05, 0.1) is 0 Å². The highest BCUT2D eigenvalue weighted by Crippen LogP contribution is 2.21. The minimum Gasteiger partial charge on any atom is -0.338 e. The topological polar surface area (TPSA) is 41.1 Å². The maximum atomic E-state index is 13.4. The van der Waals surface area contributed by atoms with Crippen molar-refractivity contribution in [3.8, 4) is 0 Å². The number of anilines is 1. The van der Waals surface area contributed by atoms with Crippen LogP contribution in [0.15, 0.2) is 36.4 Å². The molecule has 0 fully saturated rings. The first kappa shape index (κ1) is 16.5. The molecule has 2 N–H and O–H groups in total. The molecular formula is C15H12Cl2F2N2O. The lowest BCUT2D eigenvalue weighted by Gasteiger charge is -2.10. The number of carbonyl (C=O) groups is 1. The average molecular weight is 345 g/mol. The van der Waals surface area contributed by atoms with E-state index in [4.69, 9.17) is 23.2 Å². The van der Waals surface area contributed by atoms with Gasteiger partial charge in [0.2, 0.25) is 0 Å². The summed E-state index contributed by atoms with van der Waals surface area (Å²) in [6.07, 6.45) is 0.461. The second-order valence-electron chi connectivity index (χ2n) is 4.46. The third kappa shape index (κ3) is 4.32. The molecule has 2 rings (SSSR count). The van der Waals surface area contributed by atoms with Crippen molar-refractivity contribution in [3.63, 3.8) is 0 Å². The van der Waals surface area contributed by atoms with Gasteiger partial charge < -0.3 is 10.6 Å². The van der Waals surface area contributed by atoms with Gasteiger partial charge in [-0.3, -0.25) is 0 Å². The van der Waals surface area contributed by atoms with Gasteiger partial charge in [0.1, 0.15) is 17.3 Å². The van der Waals surface area contributed by atoms with E-state index >= 15 is 0 Å². The molecule has 22 heavy (non-hydrogen) atoms. The number of para-hydroxylation sites is 1. The number of amides is 2. The van der Waals surface area contributed by atoms with Crippen LogP contribution in [0.5, 0.6) is 0 Å². The van der Waals surface area contributed by atoms with E-state index in [1.165, 1.54) is 6.07 Å². The van der Waals surface area contributed by atoms with Crippen molar-refractivity contribution < 1.29 is 13.6 Å². The largest absolute Gasteiger partial charge is 0.338 e. The predicted molar refractivity (Wildman–Crippen MR) is 83.5 cm³/mol. The van der Waals surface area contributed by atoms with Crippen LogP contribution in [-0.4, -0.2) is 12.6 Å². The molecule has 0 aliphatic rings. The summed E-state index contributed by atoms with van der Waals surface area (Å²) in [7, 11) is 0. The molecule has 0 atom stereocenters. The third-order valence-corrected chi connectivity index (χ3v) is 3.48. The van der Waals surface area contributed by atoms with Gasteiger partial charge in [-0.15, -0.1) is 0 Å². The van der Waals surface area contributed by atoms with Crippen molar-refractivity contribution in [1.82, 2.24) is 5.32 Å². The molecule has 2 amide bonds. The van der Waals surface area contributed by atoms with Gasteiger partial charge in [0.15, 0.2) is 0 Å². The second-order valence-corrected chi connectivity index (χ2v) is 5.31. The van der Waals surface area contributed by atoms with Crippen molar-refractivity contribution in [2.24, 2.45) is 0 Å². The zero-order valence-electron chi connectivity index (χ0n) is 11.3. The van der Waals surface area contributed by atoms with E-state index in [1.807, 2.05) is 0 Å². The molecule has 116 valence electrons. The van der Waals surface area contributed by atoms with Crippen molar-refractivity contribution in [2.45, 2.75) is 6.42 Å². The zero-order valence-corrected chi connectivity index (χ0v) is 12.8. The fourth-order valence-corrected chi connectivity index (χ4v) is 2.31. The van der Waals surface area contributed by atoms with E-state index in [2.05, 4.69) is 10.6 Å². The Hall–Kier alpha value is -1.85. The number of rotatable bonds is 4. The first-order valence-electron chi connectivity index (χ1n) is 6.40. The van der Waals surface area contributed by atoms with E-state index in [1.54, 1.807) is 18.2 Å². The van der Waals surface area contributed by atoms with Crippen molar-refractivity contribution >= 4 is 34.9 Å². The van der Waals surface area contributed by atoms with Crippen LogP contribution < -0.4 is 10.6 Å². The van der Waals surface area contributed by atoms with Gasteiger partial charge in [-0.05, 0) is 36.2 Å². The molecule has 0 saturated heterocycles. The summed E-state index contributed by atoms with van der Waals surface area (Å²) < 4.78 is 26.8. The first-order chi connectivity index (χ1) is 10.5. The molecule has 0 saturated carbocycles. The van der Waals surface area contributed by atoms with Crippen LogP contribution in [0.2, 0.25) is 10.0 Å². The van der Waals surface area contributed by atoms with Crippen molar-refractivity contribution in [1.29, 1.82) is 0 Å². The van der Waals surface area contributed by atoms with Crippen LogP contribution >= 0.6 is 23.2 Å². The lowest BCUT2D eigenvalue weighted by atomic mass is 10.1. The average Bonchev–Trinajstić information content (AvgIpc) is 2.45. The molecule has 0 spiro atoms. The van der Waals surface area contributed by atoms with Crippen LogP contribution in [0.3, 0.4) is 0 Å². The molecule has 2 aromatic carbocycles. The van der Waals surface area contributed by atoms with Crippen molar-refractivity contribution in [2.75, 3.05) is 11.9 Å². The highest BCUT2D eigenvalue weighted by Gasteiger charge is 2.11. The summed E-state index contributed by atoms with van der Waals surface area (Å²) in [5.74, 6) is -1.67. The molecular weight excluding hydrogens is 333 g/mol. The zero-order chi connectivity index (χ0) is 16.1. The molecule has 2 aromatic rings. The number of benzene rings is 2. The fourth-order valence-electron chi connectivity index (χ4n) is 1.81. The second kappa shape index (κ2) is 7.42. The molecule has 3 nitrogen and oxygen atoms in total. The van der Waals surface area contributed by atoms with Crippen LogP contribution in [-0.2, 0) is 6.42 Å². The number of hydrogen-bond donors (Lipinski definition) is 2. The predicted octanol–water partition coefficient (Wildman–Crippen LogP) is 4.64. The third-order valence-electron chi connectivity index (χ3n) is 2.90. The van der Waals surface area contributed by atoms with E-state index in [9.17, 15) is 13.6 Å². The molecule has 0 aromatic heterocycles. The smallest absolute Gasteiger partial charge is 0.319 e. The van der Waals surface area contributed by atoms with Gasteiger partial charge in [-0.2, -0.15) is 0 Å². The van der Waals surface area contributed by atoms with Gasteiger partial charge in [-0.25, -0.2) is 13.6 Å². The number of halogens is 4. The van der Waals surface area contributed by atoms with E-state index in [0.29, 0.717) is 16.5 Å². The number of urea groups is 1. The fraction of sp³-hybridized carbons (Fsp3) is 0.133. The van der Waals surface area contributed by atoms with Crippen LogP contribution in [0, 0.1) is 11.6 Å². The monoisotopic (exact) mass is 344 g/mol. The van der Waals surface area contributed by atoms with Crippen LogP contribution in [0.4, 0.5) is 19.3 Å². The normalized spacial score (nSPS) is 10.4. The van der Waals surface area contributed by atoms with E-state index in [-0.39, 0.29) is 6.54 Å². The molecule has 7 heteroatoms. The Bertz CT molecular complexity index is 675. The standard InChI is InChI=1S/C15H12Cl2F2N2O/c16-10-5-4-9(11(17)8-10)6-7-20-15(22)21-14-12(18)2-1-3-13(14)19/h1-5,8H,6-7H2,(H2,20,21,22). The van der Waals surface area contributed by atoms with Gasteiger partial charge in [0.25, 0.3) is 0 Å². The lowest BCUT2D eigenvalue weighted by Crippen LogP contribution is -2.31. The first-order valence-corrected chi connectivity index (χ1v) is 7.16. The Labute approximate surface area is 136 Å². The van der Waals surface area contributed by atoms with Gasteiger partial charge >= 0.3 is 6.03 Å². The summed E-state index contributed by atoms with van der Waals surface area (Å²) >= 11 is 11.8. The maximum absolute atomic E-state index is 13.4. The Balaban J connectivity index is 1.88. The minimum absolute atomic E-state index is 0.253.